The van der Waals surface area contributed by atoms with Crippen LogP contribution >= 0.6 is 11.3 Å². The van der Waals surface area contributed by atoms with Gasteiger partial charge in [0.25, 0.3) is 0 Å². The maximum absolute atomic E-state index is 14.4. The maximum atomic E-state index is 14.4. The summed E-state index contributed by atoms with van der Waals surface area (Å²) in [5.41, 5.74) is -0.363. The molecule has 0 N–H and O–H groups in total. The lowest BCUT2D eigenvalue weighted by atomic mass is 10.1. The van der Waals surface area contributed by atoms with Gasteiger partial charge in [-0.3, -0.25) is 14.2 Å². The molecule has 5 aromatic rings. The average molecular weight is 504 g/mol. The number of halogens is 4. The summed E-state index contributed by atoms with van der Waals surface area (Å²) in [6.45, 7) is 0. The quantitative estimate of drug-likeness (QED) is 0.0896. The van der Waals surface area contributed by atoms with Crippen LogP contribution in [0.5, 0.6) is 0 Å². The zero-order chi connectivity index (χ0) is 25.1. The first-order valence-electron chi connectivity index (χ1n) is 10.7. The monoisotopic (exact) mass is 504 g/mol. The Morgan fingerprint density at radius 3 is 1.89 bits per heavy atom. The fourth-order valence-electron chi connectivity index (χ4n) is 4.27. The van der Waals surface area contributed by atoms with Crippen LogP contribution in [0.15, 0.2) is 72.3 Å². The van der Waals surface area contributed by atoms with Crippen molar-refractivity contribution in [1.29, 1.82) is 0 Å². The summed E-state index contributed by atoms with van der Waals surface area (Å²) in [5.74, 6) is -10.5. The lowest BCUT2D eigenvalue weighted by Gasteiger charge is -2.07. The number of thiazole rings is 1. The van der Waals surface area contributed by atoms with E-state index in [1.165, 1.54) is 17.4 Å². The van der Waals surface area contributed by atoms with Crippen molar-refractivity contribution >= 4 is 39.3 Å². The number of ketones is 2. The maximum Gasteiger partial charge on any atom is 0.200 e. The summed E-state index contributed by atoms with van der Waals surface area (Å²) in [6.07, 6.45) is 1.17. The van der Waals surface area contributed by atoms with E-state index in [4.69, 9.17) is 4.98 Å². The number of nitrogens with zero attached hydrogens (tertiary/aromatic N) is 2. The van der Waals surface area contributed by atoms with Crippen molar-refractivity contribution in [2.45, 2.75) is 0 Å². The number of fused-ring (bicyclic) bond motifs is 2. The third-order valence-corrected chi connectivity index (χ3v) is 6.96. The molecule has 2 aromatic heterocycles. The second-order valence-electron chi connectivity index (χ2n) is 8.04. The van der Waals surface area contributed by atoms with Crippen LogP contribution in [0.3, 0.4) is 0 Å². The molecule has 0 saturated heterocycles. The number of rotatable bonds is 3. The van der Waals surface area contributed by atoms with Crippen molar-refractivity contribution < 1.29 is 27.2 Å². The second-order valence-corrected chi connectivity index (χ2v) is 9.07. The van der Waals surface area contributed by atoms with Crippen molar-refractivity contribution in [2.24, 2.45) is 0 Å². The summed E-state index contributed by atoms with van der Waals surface area (Å²) in [4.78, 5) is 30.5. The van der Waals surface area contributed by atoms with E-state index in [-0.39, 0.29) is 0 Å². The van der Waals surface area contributed by atoms with Gasteiger partial charge in [-0.15, -0.1) is 11.3 Å². The van der Waals surface area contributed by atoms with Crippen molar-refractivity contribution in [1.82, 2.24) is 9.55 Å². The van der Waals surface area contributed by atoms with Crippen LogP contribution in [0.2, 0.25) is 0 Å². The third kappa shape index (κ3) is 3.16. The van der Waals surface area contributed by atoms with E-state index < -0.39 is 51.5 Å². The summed E-state index contributed by atoms with van der Waals surface area (Å²) in [6, 6.07) is 20.2. The van der Waals surface area contributed by atoms with E-state index in [0.29, 0.717) is 17.0 Å². The molecular formula is C27H12F4N2O2S. The molecule has 4 nitrogen and oxygen atoms in total. The minimum absolute atomic E-state index is 0.334. The molecule has 0 fully saturated rings. The molecule has 0 atom stereocenters. The lowest BCUT2D eigenvalue weighted by Crippen LogP contribution is -2.07. The number of Topliss-reactive ketones (excluding diaryl/α,β-unsaturated/α-hetero) is 2. The van der Waals surface area contributed by atoms with Gasteiger partial charge in [-0.05, 0) is 24.3 Å². The number of hydrogen-bond donors (Lipinski definition) is 0. The Labute approximate surface area is 204 Å². The number of para-hydroxylation sites is 1. The highest BCUT2D eigenvalue weighted by Crippen LogP contribution is 2.38. The number of hydrogen-bond acceptors (Lipinski definition) is 4. The number of allylic oxidation sites excluding steroid dienone is 1. The topological polar surface area (TPSA) is 52.0 Å². The van der Waals surface area contributed by atoms with Crippen LogP contribution < -0.4 is 0 Å². The normalized spacial score (nSPS) is 13.1. The van der Waals surface area contributed by atoms with Crippen LogP contribution in [0, 0.1) is 23.3 Å². The molecule has 9 heteroatoms. The minimum Gasteiger partial charge on any atom is -0.294 e. The molecule has 0 bridgehead atoms. The van der Waals surface area contributed by atoms with Crippen molar-refractivity contribution in [3.05, 3.63) is 112 Å². The number of benzene rings is 3. The van der Waals surface area contributed by atoms with E-state index >= 15 is 0 Å². The van der Waals surface area contributed by atoms with E-state index in [0.717, 1.165) is 15.3 Å². The van der Waals surface area contributed by atoms with Crippen molar-refractivity contribution in [3.8, 4) is 16.3 Å². The van der Waals surface area contributed by atoms with Crippen LogP contribution in [-0.4, -0.2) is 21.1 Å². The molecule has 0 spiro atoms. The highest BCUT2D eigenvalue weighted by Gasteiger charge is 2.42. The molecule has 0 saturated carbocycles. The smallest absolute Gasteiger partial charge is 0.200 e. The zero-order valence-corrected chi connectivity index (χ0v) is 18.9. The van der Waals surface area contributed by atoms with Crippen LogP contribution in [-0.2, 0) is 0 Å². The molecular weight excluding hydrogens is 492 g/mol. The Kier molecular flexibility index (Phi) is 4.97. The second kappa shape index (κ2) is 8.10. The van der Waals surface area contributed by atoms with Gasteiger partial charge in [-0.2, -0.15) is 0 Å². The van der Waals surface area contributed by atoms with Crippen molar-refractivity contribution in [3.63, 3.8) is 0 Å². The summed E-state index contributed by atoms with van der Waals surface area (Å²) >= 11 is 1.39. The van der Waals surface area contributed by atoms with E-state index in [9.17, 15) is 27.2 Å². The van der Waals surface area contributed by atoms with E-state index in [1.54, 1.807) is 34.9 Å². The number of carbonyl (C=O) groups is 2. The summed E-state index contributed by atoms with van der Waals surface area (Å²) in [7, 11) is 0. The Hall–Kier alpha value is -4.37. The molecule has 1 aliphatic rings. The van der Waals surface area contributed by atoms with E-state index in [2.05, 4.69) is 0 Å². The van der Waals surface area contributed by atoms with Gasteiger partial charge in [-0.25, -0.2) is 22.5 Å². The van der Waals surface area contributed by atoms with Gasteiger partial charge >= 0.3 is 0 Å². The third-order valence-electron chi connectivity index (χ3n) is 5.92. The molecule has 1 aliphatic carbocycles. The van der Waals surface area contributed by atoms with Gasteiger partial charge in [-0.1, -0.05) is 48.5 Å². The number of aromatic nitrogens is 2. The number of carbonyl (C=O) groups excluding carboxylic acids is 2. The molecule has 36 heavy (non-hydrogen) atoms. The van der Waals surface area contributed by atoms with Gasteiger partial charge in [0.2, 0.25) is 11.6 Å². The van der Waals surface area contributed by atoms with Crippen molar-refractivity contribution in [2.75, 3.05) is 0 Å². The van der Waals surface area contributed by atoms with E-state index in [1.807, 2.05) is 36.4 Å². The van der Waals surface area contributed by atoms with Gasteiger partial charge < -0.3 is 0 Å². The Bertz CT molecular complexity index is 1710. The molecule has 0 aliphatic heterocycles. The highest BCUT2D eigenvalue weighted by molar-refractivity contribution is 7.21. The van der Waals surface area contributed by atoms with Gasteiger partial charge in [0.05, 0.1) is 27.1 Å². The first-order chi connectivity index (χ1) is 17.4. The van der Waals surface area contributed by atoms with Gasteiger partial charge in [0.15, 0.2) is 28.9 Å². The molecule has 3 aromatic carbocycles. The first-order valence-corrected chi connectivity index (χ1v) is 11.5. The molecule has 0 radical (unpaired) electrons. The van der Waals surface area contributed by atoms with Crippen LogP contribution in [0.1, 0.15) is 26.4 Å². The lowest BCUT2D eigenvalue weighted by molar-refractivity contribution is 0.0988. The fourth-order valence-corrected chi connectivity index (χ4v) is 5.27. The van der Waals surface area contributed by atoms with Gasteiger partial charge in [0.1, 0.15) is 5.01 Å². The Morgan fingerprint density at radius 1 is 0.750 bits per heavy atom. The van der Waals surface area contributed by atoms with Crippen LogP contribution in [0.4, 0.5) is 17.6 Å². The molecule has 2 heterocycles. The molecule has 0 unspecified atom stereocenters. The Balaban J connectivity index is 1.56. The predicted molar refractivity (Wildman–Crippen MR) is 127 cm³/mol. The van der Waals surface area contributed by atoms with Gasteiger partial charge in [0, 0.05) is 11.3 Å². The SMILES string of the molecule is O=C1C(=Cc2cc3sc(-c4ccccc4)nc3n2-c2ccccc2)C(=O)c2c(F)c(F)c(F)c(F)c21. The summed E-state index contributed by atoms with van der Waals surface area (Å²) < 4.78 is 58.7. The molecule has 176 valence electrons. The summed E-state index contributed by atoms with van der Waals surface area (Å²) in [5, 5.41) is 0.750. The zero-order valence-electron chi connectivity index (χ0n) is 18.1. The highest BCUT2D eigenvalue weighted by atomic mass is 32.1. The Morgan fingerprint density at radius 2 is 1.31 bits per heavy atom. The average Bonchev–Trinajstić information content (AvgIpc) is 3.53. The molecule has 0 amide bonds. The first kappa shape index (κ1) is 22.1. The fraction of sp³-hybridized carbons (Fsp3) is 0. The molecule has 6 rings (SSSR count). The standard InChI is InChI=1S/C27H12F4N2O2S/c28-20-18-19(21(29)23(31)22(20)30)25(35)16(24(18)34)11-15-12-17-26(33(15)14-9-5-2-6-10-14)32-27(36-17)13-7-3-1-4-8-13/h1-12H. The largest absolute Gasteiger partial charge is 0.294 e. The minimum atomic E-state index is -2.14. The van der Waals surface area contributed by atoms with Crippen LogP contribution in [0.25, 0.3) is 32.7 Å². The predicted octanol–water partition coefficient (Wildman–Crippen LogP) is 6.77.